The summed E-state index contributed by atoms with van der Waals surface area (Å²) in [5.41, 5.74) is 2.69. The normalized spacial score (nSPS) is 10.5. The van der Waals surface area contributed by atoms with E-state index in [0.29, 0.717) is 16.2 Å². The molecule has 5 heterocycles. The molecule has 53 heavy (non-hydrogen) atoms. The Balaban J connectivity index is -0.000000549. The molecule has 0 unspecified atom stereocenters. The van der Waals surface area contributed by atoms with Crippen molar-refractivity contribution in [2.45, 2.75) is 135 Å². The third-order valence-electron chi connectivity index (χ3n) is 4.02. The summed E-state index contributed by atoms with van der Waals surface area (Å²) in [4.78, 5) is 31.1. The van der Waals surface area contributed by atoms with Crippen LogP contribution in [0.5, 0.6) is 0 Å². The quantitative estimate of drug-likeness (QED) is 0.152. The van der Waals surface area contributed by atoms with Crippen molar-refractivity contribution in [1.29, 1.82) is 0 Å². The number of nitrogens with zero attached hydrogens (tertiary/aromatic N) is 10. The fraction of sp³-hybridized carbons (Fsp3) is 0.535. The smallest absolute Gasteiger partial charge is 0.137 e. The van der Waals surface area contributed by atoms with Gasteiger partial charge in [0.1, 0.15) is 24.8 Å². The van der Waals surface area contributed by atoms with Crippen LogP contribution in [-0.4, -0.2) is 50.1 Å². The molecule has 0 fully saturated rings. The van der Waals surface area contributed by atoms with E-state index in [9.17, 15) is 0 Å². The first-order valence-electron chi connectivity index (χ1n) is 17.9. The Hall–Kier alpha value is -4.60. The highest BCUT2D eigenvalue weighted by molar-refractivity contribution is 5.07. The molecule has 0 atom stereocenters. The largest absolute Gasteiger partial charge is 0.265 e. The molecule has 0 saturated carbocycles. The van der Waals surface area contributed by atoms with Gasteiger partial charge in [0.2, 0.25) is 0 Å². The van der Waals surface area contributed by atoms with Gasteiger partial charge in [-0.15, -0.1) is 0 Å². The van der Waals surface area contributed by atoms with Crippen LogP contribution in [0.25, 0.3) is 0 Å². The van der Waals surface area contributed by atoms with Crippen LogP contribution in [0.3, 0.4) is 0 Å². The predicted octanol–water partition coefficient (Wildman–Crippen LogP) is 11.1. The summed E-state index contributed by atoms with van der Waals surface area (Å²) in [6, 6.07) is 11.1. The summed E-state index contributed by atoms with van der Waals surface area (Å²) in [5, 5.41) is 7.07. The average molecular weight is 729 g/mol. The summed E-state index contributed by atoms with van der Waals surface area (Å²) < 4.78 is 0. The molecule has 10 nitrogen and oxygen atoms in total. The second-order valence-corrected chi connectivity index (χ2v) is 18.4. The van der Waals surface area contributed by atoms with Gasteiger partial charge < -0.3 is 0 Å². The molecule has 10 heteroatoms. The molecule has 294 valence electrons. The summed E-state index contributed by atoms with van der Waals surface area (Å²) in [5.74, 6) is 0.836. The van der Waals surface area contributed by atoms with Crippen molar-refractivity contribution >= 4 is 0 Å². The maximum absolute atomic E-state index is 4.19. The van der Waals surface area contributed by atoms with Crippen LogP contribution in [0.2, 0.25) is 0 Å². The van der Waals surface area contributed by atoms with Gasteiger partial charge in [0, 0.05) is 66.6 Å². The molecule has 0 bridgehead atoms. The van der Waals surface area contributed by atoms with Crippen LogP contribution in [0.1, 0.15) is 136 Å². The number of hydrogen-bond donors (Lipinski definition) is 0. The van der Waals surface area contributed by atoms with E-state index in [1.807, 2.05) is 30.3 Å². The molecule has 0 amide bonds. The van der Waals surface area contributed by atoms with Gasteiger partial charge in [0.15, 0.2) is 0 Å². The zero-order valence-corrected chi connectivity index (χ0v) is 36.4. The van der Waals surface area contributed by atoms with Gasteiger partial charge in [0.25, 0.3) is 0 Å². The molecule has 0 spiro atoms. The summed E-state index contributed by atoms with van der Waals surface area (Å²) >= 11 is 0. The molecule has 0 saturated heterocycles. The third-order valence-corrected chi connectivity index (χ3v) is 4.02. The minimum atomic E-state index is 0.0307. The Morgan fingerprint density at radius 3 is 0.887 bits per heavy atom. The molecule has 5 aromatic rings. The lowest BCUT2D eigenvalue weighted by Crippen LogP contribution is -2.15. The van der Waals surface area contributed by atoms with Gasteiger partial charge in [-0.1, -0.05) is 131 Å². The van der Waals surface area contributed by atoms with Gasteiger partial charge in [-0.2, -0.15) is 10.2 Å². The van der Waals surface area contributed by atoms with Gasteiger partial charge in [-0.3, -0.25) is 15.0 Å². The SMILES string of the molecule is CC(C)(C)C.CC(C)(C)C.CC(C)(C)C.CC(C)(C)c1cnccn1.CC(C)(C)c1ncncn1.c1ccncc1.c1ccnnc1.c1cncnc1. The van der Waals surface area contributed by atoms with Gasteiger partial charge >= 0.3 is 0 Å². The van der Waals surface area contributed by atoms with E-state index in [1.54, 1.807) is 61.8 Å². The van der Waals surface area contributed by atoms with Crippen LogP contribution in [0.4, 0.5) is 0 Å². The van der Waals surface area contributed by atoms with Gasteiger partial charge in [-0.05, 0) is 46.6 Å². The highest BCUT2D eigenvalue weighted by Gasteiger charge is 2.16. The molecule has 0 N–H and O–H groups in total. The molecule has 0 aliphatic rings. The van der Waals surface area contributed by atoms with E-state index in [2.05, 4.69) is 175 Å². The van der Waals surface area contributed by atoms with Gasteiger partial charge in [-0.25, -0.2) is 24.9 Å². The van der Waals surface area contributed by atoms with Crippen LogP contribution >= 0.6 is 0 Å². The maximum atomic E-state index is 4.19. The number of rotatable bonds is 0. The highest BCUT2D eigenvalue weighted by Crippen LogP contribution is 2.17. The first kappa shape index (κ1) is 52.8. The van der Waals surface area contributed by atoms with Crippen molar-refractivity contribution in [1.82, 2.24) is 50.1 Å². The lowest BCUT2D eigenvalue weighted by molar-refractivity contribution is 0.469. The molecule has 5 rings (SSSR count). The number of aromatic nitrogens is 10. The van der Waals surface area contributed by atoms with Crippen molar-refractivity contribution in [2.75, 3.05) is 0 Å². The Morgan fingerprint density at radius 1 is 0.321 bits per heavy atom. The van der Waals surface area contributed by atoms with Crippen molar-refractivity contribution in [3.8, 4) is 0 Å². The molecule has 5 aromatic heterocycles. The third kappa shape index (κ3) is 57.0. The average Bonchev–Trinajstić information content (AvgIpc) is 3.06. The zero-order chi connectivity index (χ0) is 41.5. The van der Waals surface area contributed by atoms with Crippen LogP contribution < -0.4 is 0 Å². The van der Waals surface area contributed by atoms with E-state index in [-0.39, 0.29) is 10.8 Å². The lowest BCUT2D eigenvalue weighted by atomic mass is 9.93. The van der Waals surface area contributed by atoms with Crippen LogP contribution in [-0.2, 0) is 10.8 Å². The molecule has 0 aliphatic carbocycles. The van der Waals surface area contributed by atoms with Gasteiger partial charge in [0.05, 0.1) is 5.69 Å². The van der Waals surface area contributed by atoms with Crippen molar-refractivity contribution in [3.05, 3.63) is 123 Å². The van der Waals surface area contributed by atoms with E-state index >= 15 is 0 Å². The minimum absolute atomic E-state index is 0.0307. The first-order valence-corrected chi connectivity index (χ1v) is 17.9. The summed E-state index contributed by atoms with van der Waals surface area (Å²) in [6.07, 6.45) is 19.9. The number of hydrogen-bond acceptors (Lipinski definition) is 10. The topological polar surface area (TPSA) is 129 Å². The predicted molar refractivity (Wildman–Crippen MR) is 223 cm³/mol. The molecular formula is C43H72N10. The Labute approximate surface area is 323 Å². The minimum Gasteiger partial charge on any atom is -0.265 e. The van der Waals surface area contributed by atoms with E-state index in [4.69, 9.17) is 0 Å². The van der Waals surface area contributed by atoms with E-state index < -0.39 is 0 Å². The second kappa shape index (κ2) is 28.9. The Morgan fingerprint density at radius 2 is 0.717 bits per heavy atom. The Bertz CT molecular complexity index is 1170. The highest BCUT2D eigenvalue weighted by atomic mass is 15.1. The van der Waals surface area contributed by atoms with Crippen molar-refractivity contribution < 1.29 is 0 Å². The second-order valence-electron chi connectivity index (χ2n) is 18.4. The fourth-order valence-electron chi connectivity index (χ4n) is 2.13. The summed E-state index contributed by atoms with van der Waals surface area (Å²) in [6.45, 7) is 38.8. The molecule has 0 aliphatic heterocycles. The molecule has 0 aromatic carbocycles. The zero-order valence-electron chi connectivity index (χ0n) is 36.4. The van der Waals surface area contributed by atoms with Crippen LogP contribution in [0.15, 0.2) is 111 Å². The molecular weight excluding hydrogens is 657 g/mol. The van der Waals surface area contributed by atoms with Crippen molar-refractivity contribution in [3.63, 3.8) is 0 Å². The van der Waals surface area contributed by atoms with Crippen LogP contribution in [0, 0.1) is 16.2 Å². The summed E-state index contributed by atoms with van der Waals surface area (Å²) in [7, 11) is 0. The van der Waals surface area contributed by atoms with E-state index in [1.165, 1.54) is 19.0 Å². The number of pyridine rings is 1. The Kier molecular flexibility index (Phi) is 28.8. The fourth-order valence-corrected chi connectivity index (χ4v) is 2.13. The standard InChI is InChI=1S/C8H12N2.C7H11N3.C5H5N.3C5H12.2C4H4N2/c1-8(2,3)7-6-9-4-5-10-7;1-7(2,3)6-9-4-8-5-10-6;1-2-4-6-5-3-1;3*1-5(2,3)4;1-2-5-4-6-3-1;1-2-4-6-5-3-1/h4-6H,1-3H3;4-5H,1-3H3;1-5H;3*1-4H3;2*1-4H. The van der Waals surface area contributed by atoms with Crippen molar-refractivity contribution in [2.24, 2.45) is 16.2 Å². The van der Waals surface area contributed by atoms with E-state index in [0.717, 1.165) is 11.5 Å². The monoisotopic (exact) mass is 729 g/mol. The molecule has 0 radical (unpaired) electrons. The lowest BCUT2D eigenvalue weighted by Gasteiger charge is -2.15. The maximum Gasteiger partial charge on any atom is 0.137 e. The first-order chi connectivity index (χ1) is 24.2.